The Bertz CT molecular complexity index is 1040. The molecule has 7 nitrogen and oxygen atoms in total. The first-order chi connectivity index (χ1) is 15.0. The zero-order valence-electron chi connectivity index (χ0n) is 17.3. The van der Waals surface area contributed by atoms with E-state index in [9.17, 15) is 9.59 Å². The first-order valence-corrected chi connectivity index (χ1v) is 11.2. The monoisotopic (exact) mass is 457 g/mol. The summed E-state index contributed by atoms with van der Waals surface area (Å²) < 4.78 is 1.78. The molecular formula is C22H24ClN5O2S. The van der Waals surface area contributed by atoms with E-state index in [1.165, 1.54) is 17.3 Å². The number of hydrogen-bond donors (Lipinski definition) is 2. The second-order valence-electron chi connectivity index (χ2n) is 6.95. The van der Waals surface area contributed by atoms with Gasteiger partial charge in [-0.1, -0.05) is 65.8 Å². The summed E-state index contributed by atoms with van der Waals surface area (Å²) in [6, 6.07) is 16.5. The lowest BCUT2D eigenvalue weighted by Crippen LogP contribution is -2.29. The third kappa shape index (κ3) is 6.32. The molecule has 0 unspecified atom stereocenters. The van der Waals surface area contributed by atoms with Crippen LogP contribution in [-0.2, 0) is 18.3 Å². The maximum atomic E-state index is 12.5. The van der Waals surface area contributed by atoms with Crippen LogP contribution in [-0.4, -0.2) is 38.9 Å². The lowest BCUT2D eigenvalue weighted by Gasteiger charge is -2.14. The zero-order chi connectivity index (χ0) is 22.2. The fourth-order valence-corrected chi connectivity index (χ4v) is 3.95. The average Bonchev–Trinajstić information content (AvgIpc) is 3.13. The van der Waals surface area contributed by atoms with Crippen molar-refractivity contribution in [2.75, 3.05) is 12.3 Å². The Morgan fingerprint density at radius 1 is 1.10 bits per heavy atom. The van der Waals surface area contributed by atoms with Crippen LogP contribution in [0.2, 0.25) is 5.02 Å². The summed E-state index contributed by atoms with van der Waals surface area (Å²) in [6.07, 6.45) is 0.786. The number of amides is 2. The molecule has 31 heavy (non-hydrogen) atoms. The fraction of sp³-hybridized carbons (Fsp3) is 0.273. The first-order valence-electron chi connectivity index (χ1n) is 9.84. The number of carbonyl (C=O) groups excluding carboxylic acids is 2. The minimum atomic E-state index is -0.379. The largest absolute Gasteiger partial charge is 0.355 e. The minimum Gasteiger partial charge on any atom is -0.355 e. The molecule has 0 radical (unpaired) electrons. The van der Waals surface area contributed by atoms with Crippen LogP contribution in [0.5, 0.6) is 0 Å². The Morgan fingerprint density at radius 2 is 1.81 bits per heavy atom. The van der Waals surface area contributed by atoms with Crippen LogP contribution in [0, 0.1) is 0 Å². The molecule has 0 aliphatic rings. The molecule has 2 amide bonds. The predicted molar refractivity (Wildman–Crippen MR) is 122 cm³/mol. The molecule has 0 spiro atoms. The highest BCUT2D eigenvalue weighted by Gasteiger charge is 2.20. The van der Waals surface area contributed by atoms with Crippen LogP contribution in [0.15, 0.2) is 59.8 Å². The van der Waals surface area contributed by atoms with E-state index < -0.39 is 0 Å². The van der Waals surface area contributed by atoms with Gasteiger partial charge in [0.15, 0.2) is 11.0 Å². The highest BCUT2D eigenvalue weighted by Crippen LogP contribution is 2.20. The first kappa shape index (κ1) is 22.8. The van der Waals surface area contributed by atoms with Crippen LogP contribution in [0.3, 0.4) is 0 Å². The van der Waals surface area contributed by atoms with Crippen LogP contribution in [0.4, 0.5) is 0 Å². The molecule has 0 aliphatic heterocycles. The normalized spacial score (nSPS) is 11.7. The van der Waals surface area contributed by atoms with E-state index in [0.29, 0.717) is 28.1 Å². The van der Waals surface area contributed by atoms with E-state index in [2.05, 4.69) is 20.8 Å². The molecular weight excluding hydrogens is 434 g/mol. The van der Waals surface area contributed by atoms with E-state index in [1.54, 1.807) is 28.8 Å². The van der Waals surface area contributed by atoms with Gasteiger partial charge in [-0.25, -0.2) is 0 Å². The summed E-state index contributed by atoms with van der Waals surface area (Å²) in [4.78, 5) is 24.6. The van der Waals surface area contributed by atoms with Crippen LogP contribution in [0.1, 0.15) is 34.7 Å². The summed E-state index contributed by atoms with van der Waals surface area (Å²) in [7, 11) is 1.81. The van der Waals surface area contributed by atoms with Gasteiger partial charge in [-0.3, -0.25) is 9.59 Å². The molecule has 1 aromatic heterocycles. The number of benzene rings is 2. The molecule has 0 saturated carbocycles. The second kappa shape index (κ2) is 11.0. The smallest absolute Gasteiger partial charge is 0.253 e. The minimum absolute atomic E-state index is 0.0643. The molecule has 3 aromatic rings. The maximum absolute atomic E-state index is 12.5. The molecule has 162 valence electrons. The molecule has 2 aromatic carbocycles. The van der Waals surface area contributed by atoms with Gasteiger partial charge < -0.3 is 15.2 Å². The number of nitrogens with one attached hydrogen (secondary N) is 2. The van der Waals surface area contributed by atoms with Crippen molar-refractivity contribution in [2.45, 2.75) is 24.5 Å². The number of thioether (sulfide) groups is 1. The number of rotatable bonds is 9. The van der Waals surface area contributed by atoms with Gasteiger partial charge in [-0.2, -0.15) is 0 Å². The molecule has 0 aliphatic carbocycles. The Hall–Kier alpha value is -2.84. The summed E-state index contributed by atoms with van der Waals surface area (Å²) in [5.41, 5.74) is 1.58. The molecule has 0 fully saturated rings. The lowest BCUT2D eigenvalue weighted by atomic mass is 10.1. The van der Waals surface area contributed by atoms with Gasteiger partial charge >= 0.3 is 0 Å². The third-order valence-electron chi connectivity index (χ3n) is 4.63. The molecule has 1 heterocycles. The summed E-state index contributed by atoms with van der Waals surface area (Å²) in [6.45, 7) is 2.40. The van der Waals surface area contributed by atoms with Crippen LogP contribution < -0.4 is 10.6 Å². The van der Waals surface area contributed by atoms with Crippen molar-refractivity contribution in [3.05, 3.63) is 76.6 Å². The van der Waals surface area contributed by atoms with Crippen molar-refractivity contribution in [1.29, 1.82) is 0 Å². The van der Waals surface area contributed by atoms with Gasteiger partial charge in [0.05, 0.1) is 22.4 Å². The highest BCUT2D eigenvalue weighted by atomic mass is 35.5. The van der Waals surface area contributed by atoms with Gasteiger partial charge in [0, 0.05) is 13.6 Å². The van der Waals surface area contributed by atoms with Crippen LogP contribution in [0.25, 0.3) is 0 Å². The van der Waals surface area contributed by atoms with Gasteiger partial charge in [0.2, 0.25) is 5.91 Å². The summed E-state index contributed by atoms with van der Waals surface area (Å²) in [5, 5.41) is 15.1. The lowest BCUT2D eigenvalue weighted by molar-refractivity contribution is -0.118. The zero-order valence-corrected chi connectivity index (χ0v) is 18.9. The number of nitrogens with zero attached hydrogens (tertiary/aromatic N) is 3. The van der Waals surface area contributed by atoms with Crippen molar-refractivity contribution < 1.29 is 9.59 Å². The topological polar surface area (TPSA) is 88.9 Å². The Balaban J connectivity index is 1.49. The van der Waals surface area contributed by atoms with Gasteiger partial charge in [-0.05, 0) is 31.0 Å². The van der Waals surface area contributed by atoms with Crippen molar-refractivity contribution in [3.63, 3.8) is 0 Å². The number of carbonyl (C=O) groups is 2. The number of halogens is 1. The van der Waals surface area contributed by atoms with Crippen molar-refractivity contribution in [3.8, 4) is 0 Å². The maximum Gasteiger partial charge on any atom is 0.253 e. The molecule has 3 rings (SSSR count). The quantitative estimate of drug-likeness (QED) is 0.481. The number of hydrogen-bond acceptors (Lipinski definition) is 5. The van der Waals surface area contributed by atoms with E-state index in [-0.39, 0.29) is 23.6 Å². The van der Waals surface area contributed by atoms with Crippen molar-refractivity contribution >= 4 is 35.2 Å². The standard InChI is InChI=1S/C22H24ClN5O2S/c1-15(25-21(30)17-10-6-7-11-18(17)23)20-26-27-22(28(20)2)31-14-19(29)24-13-12-16-8-4-3-5-9-16/h3-11,15H,12-14H2,1-2H3,(H,24,29)(H,25,30)/t15-/m0/s1. The Morgan fingerprint density at radius 3 is 2.55 bits per heavy atom. The van der Waals surface area contributed by atoms with E-state index in [4.69, 9.17) is 11.6 Å². The molecule has 2 N–H and O–H groups in total. The van der Waals surface area contributed by atoms with Crippen LogP contribution >= 0.6 is 23.4 Å². The van der Waals surface area contributed by atoms with Gasteiger partial charge in [-0.15, -0.1) is 10.2 Å². The van der Waals surface area contributed by atoms with E-state index in [1.807, 2.05) is 44.3 Å². The van der Waals surface area contributed by atoms with Crippen molar-refractivity contribution in [2.24, 2.45) is 7.05 Å². The Kier molecular flexibility index (Phi) is 8.08. The fourth-order valence-electron chi connectivity index (χ4n) is 2.99. The highest BCUT2D eigenvalue weighted by molar-refractivity contribution is 7.99. The van der Waals surface area contributed by atoms with Gasteiger partial charge in [0.1, 0.15) is 0 Å². The third-order valence-corrected chi connectivity index (χ3v) is 5.98. The second-order valence-corrected chi connectivity index (χ2v) is 8.30. The molecule has 9 heteroatoms. The van der Waals surface area contributed by atoms with E-state index in [0.717, 1.165) is 6.42 Å². The SMILES string of the molecule is C[C@H](NC(=O)c1ccccc1Cl)c1nnc(SCC(=O)NCCc2ccccc2)n1C. The van der Waals surface area contributed by atoms with E-state index >= 15 is 0 Å². The summed E-state index contributed by atoms with van der Waals surface area (Å²) in [5.74, 6) is 0.479. The predicted octanol–water partition coefficient (Wildman–Crippen LogP) is 3.41. The molecule has 0 saturated heterocycles. The van der Waals surface area contributed by atoms with Crippen molar-refractivity contribution in [1.82, 2.24) is 25.4 Å². The average molecular weight is 458 g/mol. The Labute approximate surface area is 190 Å². The summed E-state index contributed by atoms with van der Waals surface area (Å²) >= 11 is 7.39. The number of aromatic nitrogens is 3. The molecule has 1 atom stereocenters. The van der Waals surface area contributed by atoms with Gasteiger partial charge in [0.25, 0.3) is 5.91 Å². The molecule has 0 bridgehead atoms.